The number of anilines is 1. The molecule has 0 unspecified atom stereocenters. The lowest BCUT2D eigenvalue weighted by Gasteiger charge is -2.12. The van der Waals surface area contributed by atoms with Crippen molar-refractivity contribution in [2.24, 2.45) is 4.99 Å². The molecule has 7 nitrogen and oxygen atoms in total. The van der Waals surface area contributed by atoms with E-state index in [4.69, 9.17) is 0 Å². The molecule has 0 radical (unpaired) electrons. The first-order chi connectivity index (χ1) is 14.0. The van der Waals surface area contributed by atoms with Crippen molar-refractivity contribution in [3.05, 3.63) is 88.1 Å². The summed E-state index contributed by atoms with van der Waals surface area (Å²) in [5.74, 6) is -0.687. The smallest absolute Gasteiger partial charge is 0.257 e. The van der Waals surface area contributed by atoms with Crippen LogP contribution in [0.2, 0.25) is 0 Å². The number of rotatable bonds is 5. The second kappa shape index (κ2) is 9.41. The Labute approximate surface area is 166 Å². The summed E-state index contributed by atoms with van der Waals surface area (Å²) in [4.78, 5) is 35.5. The second-order valence-electron chi connectivity index (χ2n) is 6.22. The SMILES string of the molecule is CCCc1cc(=O)[nH]c(/N=C(/NC(=O)c2ccccc2)Nc2ccc(F)cc2)n1. The molecular formula is C21H20FN5O2. The van der Waals surface area contributed by atoms with Gasteiger partial charge in [0, 0.05) is 23.0 Å². The van der Waals surface area contributed by atoms with E-state index in [0.29, 0.717) is 23.4 Å². The molecule has 0 spiro atoms. The summed E-state index contributed by atoms with van der Waals surface area (Å²) < 4.78 is 13.2. The Bertz CT molecular complexity index is 1060. The molecule has 3 rings (SSSR count). The third kappa shape index (κ3) is 5.83. The highest BCUT2D eigenvalue weighted by atomic mass is 19.1. The summed E-state index contributed by atoms with van der Waals surface area (Å²) in [6.45, 7) is 1.98. The number of aryl methyl sites for hydroxylation is 1. The number of carbonyl (C=O) groups excluding carboxylic acids is 1. The quantitative estimate of drug-likeness (QED) is 0.457. The summed E-state index contributed by atoms with van der Waals surface area (Å²) >= 11 is 0. The summed E-state index contributed by atoms with van der Waals surface area (Å²) in [5, 5.41) is 5.58. The molecule has 3 N–H and O–H groups in total. The van der Waals surface area contributed by atoms with E-state index in [1.807, 2.05) is 6.92 Å². The highest BCUT2D eigenvalue weighted by molar-refractivity contribution is 6.10. The number of H-pyrrole nitrogens is 1. The van der Waals surface area contributed by atoms with Gasteiger partial charge in [-0.3, -0.25) is 19.9 Å². The topological polar surface area (TPSA) is 99.2 Å². The normalized spacial score (nSPS) is 11.2. The molecule has 0 aliphatic heterocycles. The van der Waals surface area contributed by atoms with Crippen molar-refractivity contribution in [3.63, 3.8) is 0 Å². The van der Waals surface area contributed by atoms with Crippen LogP contribution in [0.25, 0.3) is 0 Å². The predicted molar refractivity (Wildman–Crippen MR) is 110 cm³/mol. The van der Waals surface area contributed by atoms with Crippen LogP contribution in [0.1, 0.15) is 29.4 Å². The number of amides is 1. The number of hydrogen-bond donors (Lipinski definition) is 3. The van der Waals surface area contributed by atoms with E-state index >= 15 is 0 Å². The number of hydrogen-bond acceptors (Lipinski definition) is 4. The molecule has 3 aromatic rings. The maximum Gasteiger partial charge on any atom is 0.257 e. The van der Waals surface area contributed by atoms with Gasteiger partial charge in [-0.15, -0.1) is 0 Å². The van der Waals surface area contributed by atoms with E-state index in [-0.39, 0.29) is 23.3 Å². The molecule has 29 heavy (non-hydrogen) atoms. The van der Waals surface area contributed by atoms with Gasteiger partial charge < -0.3 is 5.32 Å². The van der Waals surface area contributed by atoms with Crippen molar-refractivity contribution in [1.29, 1.82) is 0 Å². The monoisotopic (exact) mass is 393 g/mol. The molecule has 0 aliphatic rings. The molecule has 8 heteroatoms. The zero-order valence-electron chi connectivity index (χ0n) is 15.8. The second-order valence-corrected chi connectivity index (χ2v) is 6.22. The zero-order valence-corrected chi connectivity index (χ0v) is 15.8. The number of benzene rings is 2. The Morgan fingerprint density at radius 1 is 1.14 bits per heavy atom. The first kappa shape index (κ1) is 19.9. The van der Waals surface area contributed by atoms with Crippen LogP contribution >= 0.6 is 0 Å². The van der Waals surface area contributed by atoms with Crippen molar-refractivity contribution in [2.75, 3.05) is 5.32 Å². The zero-order chi connectivity index (χ0) is 20.6. The lowest BCUT2D eigenvalue weighted by Crippen LogP contribution is -2.36. The van der Waals surface area contributed by atoms with Gasteiger partial charge in [-0.1, -0.05) is 31.5 Å². The Hall–Kier alpha value is -3.81. The minimum atomic E-state index is -0.397. The average Bonchev–Trinajstić information content (AvgIpc) is 2.70. The van der Waals surface area contributed by atoms with Crippen LogP contribution < -0.4 is 16.2 Å². The fourth-order valence-corrected chi connectivity index (χ4v) is 2.56. The highest BCUT2D eigenvalue weighted by Crippen LogP contribution is 2.10. The van der Waals surface area contributed by atoms with Gasteiger partial charge in [0.05, 0.1) is 0 Å². The lowest BCUT2D eigenvalue weighted by molar-refractivity contribution is 0.0977. The van der Waals surface area contributed by atoms with Crippen LogP contribution in [0, 0.1) is 5.82 Å². The number of nitrogens with zero attached hydrogens (tertiary/aromatic N) is 2. The molecule has 2 aromatic carbocycles. The predicted octanol–water partition coefficient (Wildman–Crippen LogP) is 3.39. The first-order valence-corrected chi connectivity index (χ1v) is 9.11. The van der Waals surface area contributed by atoms with Crippen LogP contribution in [0.5, 0.6) is 0 Å². The molecule has 1 aromatic heterocycles. The van der Waals surface area contributed by atoms with Gasteiger partial charge in [0.2, 0.25) is 11.9 Å². The van der Waals surface area contributed by atoms with Crippen LogP contribution in [-0.2, 0) is 6.42 Å². The Balaban J connectivity index is 1.93. The van der Waals surface area contributed by atoms with Gasteiger partial charge in [0.25, 0.3) is 11.5 Å². The van der Waals surface area contributed by atoms with Crippen molar-refractivity contribution >= 4 is 23.5 Å². The number of aromatic nitrogens is 2. The Morgan fingerprint density at radius 3 is 2.55 bits per heavy atom. The van der Waals surface area contributed by atoms with Crippen molar-refractivity contribution in [2.45, 2.75) is 19.8 Å². The number of halogens is 1. The minimum Gasteiger partial charge on any atom is -0.326 e. The largest absolute Gasteiger partial charge is 0.326 e. The molecule has 0 fully saturated rings. The molecule has 1 amide bonds. The molecule has 0 bridgehead atoms. The van der Waals surface area contributed by atoms with Crippen LogP contribution in [-0.4, -0.2) is 21.8 Å². The van der Waals surface area contributed by atoms with E-state index in [0.717, 1.165) is 6.42 Å². The molecule has 0 aliphatic carbocycles. The van der Waals surface area contributed by atoms with E-state index < -0.39 is 5.91 Å². The summed E-state index contributed by atoms with van der Waals surface area (Å²) in [6.07, 6.45) is 1.45. The highest BCUT2D eigenvalue weighted by Gasteiger charge is 2.11. The third-order valence-electron chi connectivity index (χ3n) is 3.88. The first-order valence-electron chi connectivity index (χ1n) is 9.11. The molecule has 0 saturated carbocycles. The van der Waals surface area contributed by atoms with Gasteiger partial charge >= 0.3 is 0 Å². The summed E-state index contributed by atoms with van der Waals surface area (Å²) in [7, 11) is 0. The summed E-state index contributed by atoms with van der Waals surface area (Å²) in [5.41, 5.74) is 1.20. The standard InChI is InChI=1S/C21H20FN5O2/c1-2-6-17-13-18(28)25-20(24-17)27-21(23-16-11-9-15(22)10-12-16)26-19(29)14-7-4-3-5-8-14/h3-5,7-13H,2,6H2,1H3,(H3,23,24,25,26,27,28,29). The Morgan fingerprint density at radius 2 is 1.86 bits per heavy atom. The van der Waals surface area contributed by atoms with Crippen LogP contribution in [0.3, 0.4) is 0 Å². The number of aromatic amines is 1. The van der Waals surface area contributed by atoms with Crippen LogP contribution in [0.4, 0.5) is 16.0 Å². The van der Waals surface area contributed by atoms with E-state index in [9.17, 15) is 14.0 Å². The molecule has 1 heterocycles. The maximum atomic E-state index is 13.2. The third-order valence-corrected chi connectivity index (χ3v) is 3.88. The Kier molecular flexibility index (Phi) is 6.47. The summed E-state index contributed by atoms with van der Waals surface area (Å²) in [6, 6.07) is 15.6. The number of nitrogens with one attached hydrogen (secondary N) is 3. The molecule has 0 saturated heterocycles. The average molecular weight is 393 g/mol. The van der Waals surface area contributed by atoms with Gasteiger partial charge in [-0.2, -0.15) is 4.99 Å². The van der Waals surface area contributed by atoms with Gasteiger partial charge in [-0.25, -0.2) is 9.37 Å². The fraction of sp³-hybridized carbons (Fsp3) is 0.143. The van der Waals surface area contributed by atoms with Gasteiger partial charge in [-0.05, 0) is 42.8 Å². The van der Waals surface area contributed by atoms with Crippen molar-refractivity contribution in [3.8, 4) is 0 Å². The maximum absolute atomic E-state index is 13.2. The molecule has 0 atom stereocenters. The van der Waals surface area contributed by atoms with Crippen molar-refractivity contribution < 1.29 is 9.18 Å². The molecular weight excluding hydrogens is 373 g/mol. The number of guanidine groups is 1. The van der Waals surface area contributed by atoms with E-state index in [2.05, 4.69) is 25.6 Å². The van der Waals surface area contributed by atoms with Crippen molar-refractivity contribution in [1.82, 2.24) is 15.3 Å². The van der Waals surface area contributed by atoms with Gasteiger partial charge in [0.15, 0.2) is 0 Å². The lowest BCUT2D eigenvalue weighted by atomic mass is 10.2. The number of aliphatic imine (C=N–C) groups is 1. The molecule has 148 valence electrons. The fourth-order valence-electron chi connectivity index (χ4n) is 2.56. The minimum absolute atomic E-state index is 0.0438. The van der Waals surface area contributed by atoms with Crippen LogP contribution in [0.15, 0.2) is 70.5 Å². The van der Waals surface area contributed by atoms with E-state index in [1.54, 1.807) is 30.3 Å². The van der Waals surface area contributed by atoms with E-state index in [1.165, 1.54) is 30.3 Å². The van der Waals surface area contributed by atoms with Gasteiger partial charge in [0.1, 0.15) is 5.82 Å². The number of carbonyl (C=O) groups is 1.